The van der Waals surface area contributed by atoms with Gasteiger partial charge in [0.25, 0.3) is 9.84 Å². The average molecular weight is 1150 g/mol. The molecule has 9 rings (SSSR count). The minimum atomic E-state index is -5.94. The van der Waals surface area contributed by atoms with E-state index < -0.39 is 39.8 Å². The standard InChI is InChI=1S/C56H62ClF3N6O7P2S2/c1-38(2)66-39(3)52(55(67)68)53(54(66)41-12-14-43(57)15-13-41)42-8-7-9-47(34-42)64-30-28-63(29-31-64)45-16-18-46(19-17-45)65-32-33-73-75(65,70)48-20-21-50(51(35-48)77(71,72)56(58,59)60)61-44(37-76-49-10-5-4-6-11-49)24-27-62-25-22-40(23-26-62)36-74-69/h4-21,34-35,38,40,44,61H,22-33,36-37H2,1-3H3,(H,67,68)/t44-,75+/m1/s1. The Morgan fingerprint density at radius 1 is 0.844 bits per heavy atom. The topological polar surface area (TPSA) is 145 Å². The fourth-order valence-electron chi connectivity index (χ4n) is 10.8. The monoisotopic (exact) mass is 1150 g/mol. The average Bonchev–Trinajstić information content (AvgIpc) is 4.10. The summed E-state index contributed by atoms with van der Waals surface area (Å²) >= 11 is 7.79. The number of thioether (sulfide) groups is 1. The van der Waals surface area contributed by atoms with Crippen molar-refractivity contribution in [2.45, 2.75) is 67.4 Å². The normalized spacial score (nSPS) is 18.4. The number of halogens is 4. The van der Waals surface area contributed by atoms with Gasteiger partial charge in [0.2, 0.25) is 0 Å². The van der Waals surface area contributed by atoms with E-state index in [-0.39, 0.29) is 44.2 Å². The summed E-state index contributed by atoms with van der Waals surface area (Å²) in [5.41, 5.74) is 0.487. The Labute approximate surface area is 459 Å². The van der Waals surface area contributed by atoms with Gasteiger partial charge in [-0.25, -0.2) is 13.2 Å². The van der Waals surface area contributed by atoms with Gasteiger partial charge in [-0.1, -0.05) is 54.1 Å². The fourth-order valence-corrected chi connectivity index (χ4v) is 15.7. The molecule has 3 aliphatic heterocycles. The largest absolute Gasteiger partial charge is 0.501 e. The molecule has 3 fully saturated rings. The molecule has 1 aromatic heterocycles. The molecule has 0 aliphatic carbocycles. The molecule has 3 saturated heterocycles. The Balaban J connectivity index is 0.918. The minimum absolute atomic E-state index is 0.000697. The number of alkyl halides is 3. The van der Waals surface area contributed by atoms with E-state index in [4.69, 9.17) is 16.1 Å². The van der Waals surface area contributed by atoms with Gasteiger partial charge in [0.1, 0.15) is 4.90 Å². The van der Waals surface area contributed by atoms with Crippen molar-refractivity contribution in [3.05, 3.63) is 138 Å². The van der Waals surface area contributed by atoms with Gasteiger partial charge >= 0.3 is 19.0 Å². The number of rotatable bonds is 19. The number of aromatic nitrogens is 1. The van der Waals surface area contributed by atoms with E-state index in [0.29, 0.717) is 78.9 Å². The molecule has 0 bridgehead atoms. The van der Waals surface area contributed by atoms with Crippen LogP contribution in [0.4, 0.5) is 35.9 Å². The third-order valence-electron chi connectivity index (χ3n) is 14.8. The summed E-state index contributed by atoms with van der Waals surface area (Å²) in [6.45, 7) is 10.9. The number of piperidine rings is 1. The maximum absolute atomic E-state index is 15.0. The maximum atomic E-state index is 15.0. The van der Waals surface area contributed by atoms with Crippen molar-refractivity contribution in [1.82, 2.24) is 9.47 Å². The molecule has 2 atom stereocenters. The van der Waals surface area contributed by atoms with Gasteiger partial charge in [-0.05, 0) is 149 Å². The van der Waals surface area contributed by atoms with Crippen LogP contribution in [0.15, 0.2) is 131 Å². The summed E-state index contributed by atoms with van der Waals surface area (Å²) in [6.07, 6.45) is 2.90. The van der Waals surface area contributed by atoms with Crippen LogP contribution in [0.3, 0.4) is 0 Å². The molecule has 5 aromatic carbocycles. The third-order valence-corrected chi connectivity index (χ3v) is 20.9. The lowest BCUT2D eigenvalue weighted by Gasteiger charge is -2.37. The second kappa shape index (κ2) is 24.0. The van der Waals surface area contributed by atoms with Crippen LogP contribution < -0.4 is 25.1 Å². The molecule has 4 heterocycles. The highest BCUT2D eigenvalue weighted by atomic mass is 35.5. The van der Waals surface area contributed by atoms with E-state index in [1.165, 1.54) is 28.6 Å². The summed E-state index contributed by atoms with van der Waals surface area (Å²) in [4.78, 5) is 19.6. The van der Waals surface area contributed by atoms with Crippen LogP contribution in [0.25, 0.3) is 22.4 Å². The quantitative estimate of drug-likeness (QED) is 0.0587. The first-order valence-electron chi connectivity index (χ1n) is 25.7. The third kappa shape index (κ3) is 12.3. The lowest BCUT2D eigenvalue weighted by molar-refractivity contribution is -0.0435. The molecular formula is C56H62ClF3N6O7P2S2. The van der Waals surface area contributed by atoms with Crippen molar-refractivity contribution in [3.63, 3.8) is 0 Å². The van der Waals surface area contributed by atoms with Crippen molar-refractivity contribution in [1.29, 1.82) is 0 Å². The summed E-state index contributed by atoms with van der Waals surface area (Å²) in [7, 11) is -9.93. The highest BCUT2D eigenvalue weighted by Crippen LogP contribution is 2.56. The number of hydrogen-bond donors (Lipinski definition) is 2. The Kier molecular flexibility index (Phi) is 17.5. The van der Waals surface area contributed by atoms with Crippen molar-refractivity contribution >= 4 is 83.2 Å². The van der Waals surface area contributed by atoms with Gasteiger partial charge in [0, 0.05) is 95.0 Å². The molecule has 3 aliphatic rings. The maximum Gasteiger partial charge on any atom is 0.501 e. The summed E-state index contributed by atoms with van der Waals surface area (Å²) in [5, 5.41) is 14.2. The summed E-state index contributed by atoms with van der Waals surface area (Å²) in [6, 6.07) is 35.4. The molecule has 13 nitrogen and oxygen atoms in total. The van der Waals surface area contributed by atoms with E-state index in [1.807, 2.05) is 99.6 Å². The van der Waals surface area contributed by atoms with Crippen molar-refractivity contribution in [2.75, 3.05) is 90.7 Å². The molecule has 21 heteroatoms. The summed E-state index contributed by atoms with van der Waals surface area (Å²) < 4.78 is 106. The zero-order valence-corrected chi connectivity index (χ0v) is 47.2. The van der Waals surface area contributed by atoms with Crippen LogP contribution in [-0.2, 0) is 23.5 Å². The van der Waals surface area contributed by atoms with Gasteiger partial charge in [-0.3, -0.25) is 13.8 Å². The predicted molar refractivity (Wildman–Crippen MR) is 304 cm³/mol. The number of hydrogen-bond acceptors (Lipinski definition) is 11. The number of sulfone groups is 1. The Hall–Kier alpha value is -5.32. The number of anilines is 4. The number of benzene rings is 5. The van der Waals surface area contributed by atoms with Gasteiger partial charge in [0.05, 0.1) is 35.4 Å². The number of carbonyl (C=O) groups is 1. The summed E-state index contributed by atoms with van der Waals surface area (Å²) in [5.74, 6) is -0.208. The first-order chi connectivity index (χ1) is 36.9. The first kappa shape index (κ1) is 56.4. The number of aromatic carboxylic acids is 1. The molecule has 0 spiro atoms. The number of piperazine rings is 1. The van der Waals surface area contributed by atoms with Crippen LogP contribution in [0, 0.1) is 12.8 Å². The second-order valence-electron chi connectivity index (χ2n) is 20.0. The van der Waals surface area contributed by atoms with Gasteiger partial charge < -0.3 is 34.2 Å². The zero-order chi connectivity index (χ0) is 54.6. The zero-order valence-electron chi connectivity index (χ0n) is 43.0. The molecule has 0 unspecified atom stereocenters. The lowest BCUT2D eigenvalue weighted by atomic mass is 9.96. The Morgan fingerprint density at radius 3 is 2.14 bits per heavy atom. The van der Waals surface area contributed by atoms with Crippen LogP contribution >= 0.6 is 39.3 Å². The smallest absolute Gasteiger partial charge is 0.478 e. The highest BCUT2D eigenvalue weighted by Gasteiger charge is 2.49. The van der Waals surface area contributed by atoms with Crippen LogP contribution in [0.2, 0.25) is 5.02 Å². The van der Waals surface area contributed by atoms with Crippen LogP contribution in [0.1, 0.15) is 55.2 Å². The first-order valence-corrected chi connectivity index (χ1v) is 31.2. The van der Waals surface area contributed by atoms with Crippen molar-refractivity contribution < 1.29 is 45.1 Å². The highest BCUT2D eigenvalue weighted by molar-refractivity contribution is 7.99. The number of likely N-dealkylation sites (tertiary alicyclic amines) is 1. The Bertz CT molecular complexity index is 3230. The molecular weight excluding hydrogens is 1090 g/mol. The van der Waals surface area contributed by atoms with Gasteiger partial charge in [-0.15, -0.1) is 11.8 Å². The molecule has 0 saturated carbocycles. The van der Waals surface area contributed by atoms with E-state index in [0.717, 1.165) is 65.1 Å². The fraction of sp³-hybridized carbons (Fsp3) is 0.375. The minimum Gasteiger partial charge on any atom is -0.478 e. The predicted octanol–water partition coefficient (Wildman–Crippen LogP) is 13.0. The molecule has 408 valence electrons. The molecule has 0 amide bonds. The van der Waals surface area contributed by atoms with Gasteiger partial charge in [0.15, 0.2) is 8.46 Å². The SMILES string of the molecule is Cc1c(C(=O)O)c(-c2cccc(N3CCN(c4ccc(N5CCO[P@@]5(=O)c5ccc(N[C@H](CCN6CCC(CP=O)CC6)CSc6ccccc6)c(S(=O)(=O)C(F)(F)F)c5)cc4)CC3)c2)c(-c2ccc(Cl)cc2)n1C(C)C. The van der Waals surface area contributed by atoms with E-state index >= 15 is 4.57 Å². The molecule has 2 N–H and O–H groups in total. The van der Waals surface area contributed by atoms with E-state index in [1.54, 1.807) is 24.3 Å². The molecule has 77 heavy (non-hydrogen) atoms. The number of nitrogens with zero attached hydrogens (tertiary/aromatic N) is 5. The number of carboxylic acid groups (broad SMARTS) is 1. The van der Waals surface area contributed by atoms with Crippen LogP contribution in [-0.4, -0.2) is 111 Å². The second-order valence-corrected chi connectivity index (χ2v) is 26.3. The van der Waals surface area contributed by atoms with E-state index in [9.17, 15) is 36.1 Å². The number of nitrogens with one attached hydrogen (secondary N) is 1. The van der Waals surface area contributed by atoms with Crippen molar-refractivity contribution in [3.8, 4) is 22.4 Å². The van der Waals surface area contributed by atoms with E-state index in [2.05, 4.69) is 24.6 Å². The van der Waals surface area contributed by atoms with Gasteiger partial charge in [-0.2, -0.15) is 13.2 Å². The molecule has 6 aromatic rings. The number of carboxylic acids is 1. The lowest BCUT2D eigenvalue weighted by Crippen LogP contribution is -2.46. The Morgan fingerprint density at radius 2 is 1.51 bits per heavy atom. The molecule has 0 radical (unpaired) electrons. The van der Waals surface area contributed by atoms with Crippen LogP contribution in [0.5, 0.6) is 0 Å². The van der Waals surface area contributed by atoms with Crippen molar-refractivity contribution in [2.24, 2.45) is 5.92 Å².